The van der Waals surface area contributed by atoms with Gasteiger partial charge in [0.15, 0.2) is 0 Å². The van der Waals surface area contributed by atoms with E-state index >= 15 is 0 Å². The molecule has 12 nitrogen and oxygen atoms in total. The minimum Gasteiger partial charge on any atom is -0.481 e. The van der Waals surface area contributed by atoms with Gasteiger partial charge in [-0.2, -0.15) is 0 Å². The summed E-state index contributed by atoms with van der Waals surface area (Å²) in [6.07, 6.45) is -0.640. The molecule has 12 heteroatoms. The molecule has 0 fully saturated rings. The molecule has 0 heterocycles. The monoisotopic (exact) mass is 392 g/mol. The third kappa shape index (κ3) is 14.2. The Morgan fingerprint density at radius 2 is 0.926 bits per heavy atom. The molecular formula is C15H24N2O10. The predicted octanol–water partition coefficient (Wildman–Crippen LogP) is -1.20. The molecule has 0 aliphatic carbocycles. The fourth-order valence-corrected chi connectivity index (χ4v) is 2.48. The number of carboxylic acids is 5. The second-order valence-electron chi connectivity index (χ2n) is 6.02. The Kier molecular flexibility index (Phi) is 11.3. The zero-order valence-electron chi connectivity index (χ0n) is 14.6. The van der Waals surface area contributed by atoms with Gasteiger partial charge in [-0.25, -0.2) is 0 Å². The first-order chi connectivity index (χ1) is 12.5. The Labute approximate surface area is 154 Å². The first kappa shape index (κ1) is 24.3. The van der Waals surface area contributed by atoms with E-state index in [1.165, 1.54) is 4.90 Å². The van der Waals surface area contributed by atoms with Crippen LogP contribution in [-0.2, 0) is 24.0 Å². The molecule has 0 spiro atoms. The summed E-state index contributed by atoms with van der Waals surface area (Å²) in [5.74, 6) is -6.66. The van der Waals surface area contributed by atoms with E-state index in [1.54, 1.807) is 0 Å². The van der Waals surface area contributed by atoms with Gasteiger partial charge in [0.2, 0.25) is 0 Å². The molecule has 0 unspecified atom stereocenters. The molecule has 0 saturated carbocycles. The lowest BCUT2D eigenvalue weighted by atomic mass is 9.97. The summed E-state index contributed by atoms with van der Waals surface area (Å²) in [6.45, 7) is -1.43. The van der Waals surface area contributed by atoms with Crippen LogP contribution in [0.2, 0.25) is 0 Å². The average molecular weight is 392 g/mol. The molecule has 27 heavy (non-hydrogen) atoms. The highest BCUT2D eigenvalue weighted by atomic mass is 16.4. The normalized spacial score (nSPS) is 11.1. The Morgan fingerprint density at radius 1 is 0.556 bits per heavy atom. The molecule has 0 aromatic rings. The van der Waals surface area contributed by atoms with E-state index in [0.29, 0.717) is 0 Å². The van der Waals surface area contributed by atoms with E-state index in [2.05, 4.69) is 0 Å². The van der Waals surface area contributed by atoms with Gasteiger partial charge >= 0.3 is 29.8 Å². The molecule has 0 radical (unpaired) electrons. The molecule has 0 aromatic heterocycles. The van der Waals surface area contributed by atoms with Crippen molar-refractivity contribution in [1.29, 1.82) is 0 Å². The van der Waals surface area contributed by atoms with Crippen LogP contribution in [0.3, 0.4) is 0 Å². The number of aliphatic carboxylic acids is 5. The fourth-order valence-electron chi connectivity index (χ4n) is 2.48. The highest BCUT2D eigenvalue weighted by Crippen LogP contribution is 2.14. The summed E-state index contributed by atoms with van der Waals surface area (Å²) in [5.41, 5.74) is 0. The van der Waals surface area contributed by atoms with Crippen molar-refractivity contribution in [2.75, 3.05) is 39.3 Å². The number of hydrogen-bond acceptors (Lipinski definition) is 7. The number of nitrogens with zero attached hydrogens (tertiary/aromatic N) is 2. The second kappa shape index (κ2) is 12.6. The summed E-state index contributed by atoms with van der Waals surface area (Å²) in [7, 11) is 0. The summed E-state index contributed by atoms with van der Waals surface area (Å²) in [6, 6.07) is 0. The van der Waals surface area contributed by atoms with Crippen molar-refractivity contribution in [3.8, 4) is 0 Å². The van der Waals surface area contributed by atoms with Gasteiger partial charge in [0.1, 0.15) is 0 Å². The molecule has 154 valence electrons. The van der Waals surface area contributed by atoms with Crippen LogP contribution in [0.15, 0.2) is 0 Å². The van der Waals surface area contributed by atoms with Crippen molar-refractivity contribution in [2.24, 2.45) is 5.92 Å². The Morgan fingerprint density at radius 3 is 1.30 bits per heavy atom. The van der Waals surface area contributed by atoms with Gasteiger partial charge < -0.3 is 25.5 Å². The van der Waals surface area contributed by atoms with Crippen LogP contribution < -0.4 is 0 Å². The van der Waals surface area contributed by atoms with Gasteiger partial charge in [-0.05, 0) is 18.9 Å². The smallest absolute Gasteiger partial charge is 0.317 e. The lowest BCUT2D eigenvalue weighted by Gasteiger charge is -2.26. The van der Waals surface area contributed by atoms with Crippen molar-refractivity contribution in [3.63, 3.8) is 0 Å². The maximum Gasteiger partial charge on any atom is 0.317 e. The van der Waals surface area contributed by atoms with Crippen molar-refractivity contribution in [2.45, 2.75) is 19.3 Å². The third-order valence-electron chi connectivity index (χ3n) is 3.59. The van der Waals surface area contributed by atoms with Gasteiger partial charge in [-0.3, -0.25) is 33.8 Å². The molecule has 0 bridgehead atoms. The minimum absolute atomic E-state index is 0.0275. The third-order valence-corrected chi connectivity index (χ3v) is 3.59. The van der Waals surface area contributed by atoms with Crippen LogP contribution in [0.1, 0.15) is 19.3 Å². The Balaban J connectivity index is 4.85. The number of carboxylic acid groups (broad SMARTS) is 5. The van der Waals surface area contributed by atoms with E-state index in [4.69, 9.17) is 25.5 Å². The zero-order chi connectivity index (χ0) is 21.0. The second-order valence-corrected chi connectivity index (χ2v) is 6.02. The van der Waals surface area contributed by atoms with Crippen LogP contribution in [0.4, 0.5) is 0 Å². The SMILES string of the molecule is O=C(O)CC(CCN(CCN(CC(=O)O)CC(=O)O)CC(=O)O)CC(=O)O. The van der Waals surface area contributed by atoms with E-state index in [-0.39, 0.29) is 38.9 Å². The lowest BCUT2D eigenvalue weighted by molar-refractivity contribution is -0.143. The van der Waals surface area contributed by atoms with Crippen molar-refractivity contribution < 1.29 is 49.5 Å². The first-order valence-electron chi connectivity index (χ1n) is 8.03. The molecule has 0 saturated heterocycles. The van der Waals surface area contributed by atoms with Crippen molar-refractivity contribution in [3.05, 3.63) is 0 Å². The summed E-state index contributed by atoms with van der Waals surface area (Å²) < 4.78 is 0. The maximum absolute atomic E-state index is 11.0. The molecule has 0 amide bonds. The largest absolute Gasteiger partial charge is 0.481 e. The number of rotatable bonds is 16. The lowest BCUT2D eigenvalue weighted by Crippen LogP contribution is -2.42. The number of hydrogen-bond donors (Lipinski definition) is 5. The fraction of sp³-hybridized carbons (Fsp3) is 0.667. The topological polar surface area (TPSA) is 193 Å². The van der Waals surface area contributed by atoms with Crippen LogP contribution in [0.25, 0.3) is 0 Å². The van der Waals surface area contributed by atoms with Crippen LogP contribution in [-0.4, -0.2) is 104 Å². The van der Waals surface area contributed by atoms with Gasteiger partial charge in [0.25, 0.3) is 0 Å². The van der Waals surface area contributed by atoms with Crippen LogP contribution in [0.5, 0.6) is 0 Å². The van der Waals surface area contributed by atoms with Crippen molar-refractivity contribution in [1.82, 2.24) is 9.80 Å². The van der Waals surface area contributed by atoms with E-state index in [0.717, 1.165) is 4.90 Å². The van der Waals surface area contributed by atoms with Crippen LogP contribution in [0, 0.1) is 5.92 Å². The van der Waals surface area contributed by atoms with Gasteiger partial charge in [0, 0.05) is 25.9 Å². The first-order valence-corrected chi connectivity index (χ1v) is 8.03. The predicted molar refractivity (Wildman–Crippen MR) is 88.4 cm³/mol. The molecule has 0 rings (SSSR count). The van der Waals surface area contributed by atoms with Gasteiger partial charge in [-0.1, -0.05) is 0 Å². The van der Waals surface area contributed by atoms with E-state index in [1.807, 2.05) is 0 Å². The molecular weight excluding hydrogens is 368 g/mol. The summed E-state index contributed by atoms with van der Waals surface area (Å²) in [4.78, 5) is 56.7. The Hall–Kier alpha value is -2.73. The van der Waals surface area contributed by atoms with Gasteiger partial charge in [-0.15, -0.1) is 0 Å². The zero-order valence-corrected chi connectivity index (χ0v) is 14.6. The van der Waals surface area contributed by atoms with E-state index in [9.17, 15) is 24.0 Å². The van der Waals surface area contributed by atoms with E-state index < -0.39 is 55.4 Å². The highest BCUT2D eigenvalue weighted by Gasteiger charge is 2.20. The number of carbonyl (C=O) groups is 5. The highest BCUT2D eigenvalue weighted by molar-refractivity contribution is 5.72. The Bertz CT molecular complexity index is 479. The quantitative estimate of drug-likeness (QED) is 0.211. The van der Waals surface area contributed by atoms with Gasteiger partial charge in [0.05, 0.1) is 19.6 Å². The summed E-state index contributed by atoms with van der Waals surface area (Å²) >= 11 is 0. The maximum atomic E-state index is 11.0. The molecule has 5 N–H and O–H groups in total. The minimum atomic E-state index is -1.23. The molecule has 0 aliphatic rings. The van der Waals surface area contributed by atoms with Crippen LogP contribution >= 0.6 is 0 Å². The molecule has 0 aliphatic heterocycles. The molecule has 0 atom stereocenters. The standard InChI is InChI=1S/C15H24N2O10/c18-11(19)5-10(6-12(20)21)1-2-16(7-13(22)23)3-4-17(8-14(24)25)9-15(26)27/h10H,1-9H2,(H,18,19)(H,20,21)(H,22,23)(H,24,25)(H,26,27). The summed E-state index contributed by atoms with van der Waals surface area (Å²) in [5, 5.41) is 44.2. The molecule has 0 aromatic carbocycles. The van der Waals surface area contributed by atoms with Crippen molar-refractivity contribution >= 4 is 29.8 Å². The average Bonchev–Trinajstić information content (AvgIpc) is 2.46.